The molecule has 0 unspecified atom stereocenters. The highest BCUT2D eigenvalue weighted by molar-refractivity contribution is 5.95. The zero-order valence-electron chi connectivity index (χ0n) is 23.4. The van der Waals surface area contributed by atoms with Gasteiger partial charge in [0.25, 0.3) is 5.91 Å². The quantitative estimate of drug-likeness (QED) is 0.344. The van der Waals surface area contributed by atoms with Crippen molar-refractivity contribution in [2.24, 2.45) is 17.8 Å². The largest absolute Gasteiger partial charge is 0.493 e. The van der Waals surface area contributed by atoms with Crippen molar-refractivity contribution in [3.63, 3.8) is 0 Å². The van der Waals surface area contributed by atoms with Crippen molar-refractivity contribution >= 4 is 12.0 Å². The molecule has 0 spiro atoms. The highest BCUT2D eigenvalue weighted by atomic mass is 16.6. The van der Waals surface area contributed by atoms with E-state index in [1.165, 1.54) is 0 Å². The number of amides is 2. The fourth-order valence-corrected chi connectivity index (χ4v) is 5.06. The molecule has 3 aliphatic rings. The van der Waals surface area contributed by atoms with E-state index in [4.69, 9.17) is 18.9 Å². The lowest BCUT2D eigenvalue weighted by atomic mass is 9.94. The Balaban J connectivity index is 1.41. The smallest absolute Gasteiger partial charge is 0.410 e. The van der Waals surface area contributed by atoms with Crippen molar-refractivity contribution in [3.8, 4) is 11.5 Å². The minimum Gasteiger partial charge on any atom is -0.493 e. The predicted octanol–water partition coefficient (Wildman–Crippen LogP) is 3.81. The van der Waals surface area contributed by atoms with E-state index in [0.717, 1.165) is 45.2 Å². The lowest BCUT2D eigenvalue weighted by Crippen LogP contribution is -2.43. The van der Waals surface area contributed by atoms with E-state index in [1.54, 1.807) is 26.4 Å². The van der Waals surface area contributed by atoms with Crippen LogP contribution in [0.1, 0.15) is 56.3 Å². The molecule has 9 heteroatoms. The maximum absolute atomic E-state index is 13.8. The number of nitrogens with one attached hydrogen (secondary N) is 1. The summed E-state index contributed by atoms with van der Waals surface area (Å²) in [5.41, 5.74) is 0.610. The van der Waals surface area contributed by atoms with Gasteiger partial charge in [0.15, 0.2) is 11.5 Å². The second-order valence-corrected chi connectivity index (χ2v) is 11.3. The first-order valence-electron chi connectivity index (χ1n) is 14.2. The van der Waals surface area contributed by atoms with Crippen LogP contribution in [0.5, 0.6) is 11.5 Å². The molecular formula is C29H45N3O6. The summed E-state index contributed by atoms with van der Waals surface area (Å²) in [6.45, 7) is 8.69. The highest BCUT2D eigenvalue weighted by Crippen LogP contribution is 2.35. The van der Waals surface area contributed by atoms with Crippen molar-refractivity contribution in [2.75, 3.05) is 60.2 Å². The first-order valence-corrected chi connectivity index (χ1v) is 14.2. The molecule has 1 saturated heterocycles. The Morgan fingerprint density at radius 2 is 1.61 bits per heavy atom. The zero-order valence-corrected chi connectivity index (χ0v) is 23.4. The van der Waals surface area contributed by atoms with E-state index < -0.39 is 0 Å². The molecule has 1 heterocycles. The Bertz CT molecular complexity index is 933. The third-order valence-electron chi connectivity index (χ3n) is 7.51. The Morgan fingerprint density at radius 3 is 2.21 bits per heavy atom. The molecule has 2 amide bonds. The molecule has 3 fully saturated rings. The molecule has 2 atom stereocenters. The molecule has 1 aromatic rings. The van der Waals surface area contributed by atoms with Crippen LogP contribution in [0.4, 0.5) is 4.79 Å². The summed E-state index contributed by atoms with van der Waals surface area (Å²) in [5.74, 6) is 2.09. The number of methoxy groups -OCH3 is 2. The summed E-state index contributed by atoms with van der Waals surface area (Å²) >= 11 is 0. The van der Waals surface area contributed by atoms with Gasteiger partial charge in [-0.2, -0.15) is 0 Å². The van der Waals surface area contributed by atoms with E-state index >= 15 is 0 Å². The molecule has 212 valence electrons. The van der Waals surface area contributed by atoms with Crippen molar-refractivity contribution in [2.45, 2.75) is 58.0 Å². The van der Waals surface area contributed by atoms with Crippen LogP contribution in [-0.2, 0) is 9.47 Å². The number of ether oxygens (including phenoxy) is 4. The molecule has 2 aliphatic carbocycles. The molecule has 1 aliphatic heterocycles. The molecule has 2 saturated carbocycles. The van der Waals surface area contributed by atoms with Gasteiger partial charge < -0.3 is 34.1 Å². The Labute approximate surface area is 227 Å². The zero-order chi connectivity index (χ0) is 27.1. The summed E-state index contributed by atoms with van der Waals surface area (Å²) in [5, 5.41) is 3.51. The standard InChI is InChI=1S/C29H45N3O6/c1-20(2)19-38-29(34)32(25-9-10-25)18-23-16-30-15-22(23)17-31(24-7-8-24)28(33)21-6-11-26(36-4)27(14-21)37-13-5-12-35-3/h6,11,14,20,22-25,30H,5,7-10,12-13,15-19H2,1-4H3/t22-,23-/m0/s1. The minimum atomic E-state index is -0.196. The molecular weight excluding hydrogens is 486 g/mol. The topological polar surface area (TPSA) is 89.6 Å². The Hall–Kier alpha value is -2.52. The van der Waals surface area contributed by atoms with Crippen molar-refractivity contribution in [3.05, 3.63) is 23.8 Å². The summed E-state index contributed by atoms with van der Waals surface area (Å²) in [4.78, 5) is 30.6. The molecule has 1 N–H and O–H groups in total. The number of hydrogen-bond acceptors (Lipinski definition) is 7. The van der Waals surface area contributed by atoms with Crippen LogP contribution >= 0.6 is 0 Å². The average Bonchev–Trinajstić information content (AvgIpc) is 3.85. The molecule has 9 nitrogen and oxygen atoms in total. The van der Waals surface area contributed by atoms with Crippen LogP contribution in [0, 0.1) is 17.8 Å². The molecule has 1 aromatic carbocycles. The van der Waals surface area contributed by atoms with Gasteiger partial charge in [0.05, 0.1) is 20.3 Å². The van der Waals surface area contributed by atoms with Crippen LogP contribution < -0.4 is 14.8 Å². The van der Waals surface area contributed by atoms with E-state index in [1.807, 2.05) is 15.9 Å². The van der Waals surface area contributed by atoms with Gasteiger partial charge >= 0.3 is 6.09 Å². The van der Waals surface area contributed by atoms with E-state index in [2.05, 4.69) is 19.2 Å². The van der Waals surface area contributed by atoms with Crippen molar-refractivity contribution < 1.29 is 28.5 Å². The summed E-state index contributed by atoms with van der Waals surface area (Å²) < 4.78 is 22.1. The van der Waals surface area contributed by atoms with Gasteiger partial charge in [0.2, 0.25) is 0 Å². The second kappa shape index (κ2) is 13.5. The van der Waals surface area contributed by atoms with Gasteiger partial charge in [0, 0.05) is 64.0 Å². The highest BCUT2D eigenvalue weighted by Gasteiger charge is 2.41. The number of carbonyl (C=O) groups is 2. The maximum atomic E-state index is 13.8. The Morgan fingerprint density at radius 1 is 0.947 bits per heavy atom. The number of hydrogen-bond donors (Lipinski definition) is 1. The van der Waals surface area contributed by atoms with E-state index in [-0.39, 0.29) is 29.9 Å². The Kier molecular flexibility index (Phi) is 10.1. The molecule has 0 aromatic heterocycles. The maximum Gasteiger partial charge on any atom is 0.410 e. The van der Waals surface area contributed by atoms with E-state index in [0.29, 0.717) is 61.9 Å². The third kappa shape index (κ3) is 7.76. The average molecular weight is 532 g/mol. The molecule has 38 heavy (non-hydrogen) atoms. The van der Waals surface area contributed by atoms with Crippen molar-refractivity contribution in [1.29, 1.82) is 0 Å². The summed E-state index contributed by atoms with van der Waals surface area (Å²) in [6.07, 6.45) is 4.71. The summed E-state index contributed by atoms with van der Waals surface area (Å²) in [7, 11) is 3.27. The lowest BCUT2D eigenvalue weighted by Gasteiger charge is -2.31. The monoisotopic (exact) mass is 531 g/mol. The van der Waals surface area contributed by atoms with Crippen LogP contribution in [0.2, 0.25) is 0 Å². The van der Waals surface area contributed by atoms with Crippen LogP contribution in [0.25, 0.3) is 0 Å². The fourth-order valence-electron chi connectivity index (χ4n) is 5.06. The molecule has 4 rings (SSSR count). The van der Waals surface area contributed by atoms with Crippen LogP contribution in [-0.4, -0.2) is 94.1 Å². The minimum absolute atomic E-state index is 0.0259. The van der Waals surface area contributed by atoms with Gasteiger partial charge in [-0.1, -0.05) is 13.8 Å². The predicted molar refractivity (Wildman–Crippen MR) is 145 cm³/mol. The normalized spacial score (nSPS) is 20.9. The number of nitrogens with zero attached hydrogens (tertiary/aromatic N) is 2. The van der Waals surface area contributed by atoms with Gasteiger partial charge in [-0.15, -0.1) is 0 Å². The SMILES string of the molecule is COCCCOc1cc(C(=O)N(C[C@@H]2CNC[C@H]2CN(C(=O)OCC(C)C)C2CC2)C2CC2)ccc1OC. The van der Waals surface area contributed by atoms with Gasteiger partial charge in [-0.25, -0.2) is 4.79 Å². The second-order valence-electron chi connectivity index (χ2n) is 11.3. The first-order chi connectivity index (χ1) is 18.4. The fraction of sp³-hybridized carbons (Fsp3) is 0.724. The van der Waals surface area contributed by atoms with Gasteiger partial charge in [-0.3, -0.25) is 4.79 Å². The lowest BCUT2D eigenvalue weighted by molar-refractivity contribution is 0.0663. The first kappa shape index (κ1) is 28.5. The summed E-state index contributed by atoms with van der Waals surface area (Å²) in [6, 6.07) is 5.99. The number of carbonyl (C=O) groups excluding carboxylic acids is 2. The van der Waals surface area contributed by atoms with Crippen molar-refractivity contribution in [1.82, 2.24) is 15.1 Å². The van der Waals surface area contributed by atoms with Gasteiger partial charge in [-0.05, 0) is 61.6 Å². The van der Waals surface area contributed by atoms with E-state index in [9.17, 15) is 9.59 Å². The molecule has 0 bridgehead atoms. The number of benzene rings is 1. The van der Waals surface area contributed by atoms with Gasteiger partial charge in [0.1, 0.15) is 0 Å². The number of rotatable bonds is 15. The molecule has 0 radical (unpaired) electrons. The van der Waals surface area contributed by atoms with Crippen LogP contribution in [0.3, 0.4) is 0 Å². The van der Waals surface area contributed by atoms with Crippen LogP contribution in [0.15, 0.2) is 18.2 Å². The third-order valence-corrected chi connectivity index (χ3v) is 7.51.